The monoisotopic (exact) mass is 443 g/mol. The van der Waals surface area contributed by atoms with Crippen LogP contribution in [0, 0.1) is 0 Å². The SMILES string of the molecule is COc1ccc2c3c(cc[n+](CCCCCC[NH-])c13)N1CCc3cc4c(cc3C1=C2)OCO4. The van der Waals surface area contributed by atoms with Gasteiger partial charge in [-0.3, -0.25) is 0 Å². The van der Waals surface area contributed by atoms with Crippen molar-refractivity contribution in [1.82, 2.24) is 0 Å². The van der Waals surface area contributed by atoms with E-state index in [9.17, 15) is 0 Å². The van der Waals surface area contributed by atoms with Gasteiger partial charge in [0.15, 0.2) is 23.4 Å². The van der Waals surface area contributed by atoms with Gasteiger partial charge in [-0.25, -0.2) is 0 Å². The Balaban J connectivity index is 1.44. The highest BCUT2D eigenvalue weighted by Gasteiger charge is 2.32. The molecular formula is C27H29N3O3. The number of aromatic nitrogens is 1. The Bertz CT molecular complexity index is 1270. The minimum Gasteiger partial charge on any atom is -0.677 e. The minimum atomic E-state index is 0.298. The van der Waals surface area contributed by atoms with Crippen LogP contribution in [0.25, 0.3) is 28.4 Å². The van der Waals surface area contributed by atoms with E-state index in [-0.39, 0.29) is 0 Å². The third-order valence-corrected chi connectivity index (χ3v) is 7.03. The number of fused-ring (bicyclic) bond motifs is 5. The number of hydrogen-bond donors (Lipinski definition) is 0. The van der Waals surface area contributed by atoms with Crippen LogP contribution in [0.3, 0.4) is 0 Å². The van der Waals surface area contributed by atoms with Gasteiger partial charge in [-0.2, -0.15) is 11.1 Å². The molecule has 2 aromatic carbocycles. The maximum atomic E-state index is 7.35. The van der Waals surface area contributed by atoms with E-state index >= 15 is 0 Å². The predicted molar refractivity (Wildman–Crippen MR) is 130 cm³/mol. The van der Waals surface area contributed by atoms with E-state index in [1.165, 1.54) is 39.0 Å². The van der Waals surface area contributed by atoms with Gasteiger partial charge < -0.3 is 24.8 Å². The molecule has 0 fully saturated rings. The summed E-state index contributed by atoms with van der Waals surface area (Å²) in [6, 6.07) is 10.8. The molecular weight excluding hydrogens is 414 g/mol. The lowest BCUT2D eigenvalue weighted by atomic mass is 9.90. The van der Waals surface area contributed by atoms with Crippen molar-refractivity contribution >= 4 is 28.4 Å². The molecule has 3 aromatic rings. The number of nitrogens with one attached hydrogen (secondary N) is 1. The van der Waals surface area contributed by atoms with Crippen LogP contribution in [0.2, 0.25) is 0 Å². The summed E-state index contributed by atoms with van der Waals surface area (Å²) in [5, 5.41) is 1.26. The van der Waals surface area contributed by atoms with Crippen LogP contribution in [0.4, 0.5) is 5.69 Å². The first-order valence-corrected chi connectivity index (χ1v) is 11.9. The van der Waals surface area contributed by atoms with Crippen LogP contribution >= 0.6 is 0 Å². The molecule has 4 heterocycles. The number of rotatable bonds is 7. The van der Waals surface area contributed by atoms with E-state index in [0.29, 0.717) is 13.3 Å². The van der Waals surface area contributed by atoms with Crippen molar-refractivity contribution in [3.8, 4) is 17.2 Å². The van der Waals surface area contributed by atoms with E-state index in [2.05, 4.69) is 52.1 Å². The van der Waals surface area contributed by atoms with Gasteiger partial charge in [0.2, 0.25) is 6.79 Å². The maximum absolute atomic E-state index is 7.35. The second kappa shape index (κ2) is 8.27. The molecule has 6 heteroatoms. The van der Waals surface area contributed by atoms with E-state index < -0.39 is 0 Å². The first-order chi connectivity index (χ1) is 16.3. The molecule has 170 valence electrons. The molecule has 0 saturated heterocycles. The van der Waals surface area contributed by atoms with Crippen molar-refractivity contribution in [3.63, 3.8) is 0 Å². The number of ether oxygens (including phenoxy) is 3. The Kier molecular flexibility index (Phi) is 5.10. The molecule has 0 aliphatic carbocycles. The largest absolute Gasteiger partial charge is 0.677 e. The van der Waals surface area contributed by atoms with Crippen LogP contribution in [-0.2, 0) is 13.0 Å². The van der Waals surface area contributed by atoms with Crippen LogP contribution in [0.5, 0.6) is 17.2 Å². The molecule has 33 heavy (non-hydrogen) atoms. The maximum Gasteiger partial charge on any atom is 0.257 e. The minimum absolute atomic E-state index is 0.298. The first kappa shape index (κ1) is 20.4. The molecule has 1 N–H and O–H groups in total. The van der Waals surface area contributed by atoms with Crippen molar-refractivity contribution in [2.75, 3.05) is 31.9 Å². The van der Waals surface area contributed by atoms with Crippen LogP contribution in [-0.4, -0.2) is 27.0 Å². The highest BCUT2D eigenvalue weighted by Crippen LogP contribution is 2.47. The standard InChI is InChI=1S/C27H29N3O3/c1-31-23-7-6-19-14-22-20-16-25-24(32-17-33-25)15-18(20)8-13-30(22)21-9-12-29(27(23)26(19)21)11-5-3-2-4-10-28/h6-7,9,12,14-16,28H,2-5,8,10-11,13,17H2,1H3. The number of benzene rings is 2. The second-order valence-electron chi connectivity index (χ2n) is 8.93. The molecule has 3 aliphatic heterocycles. The fraction of sp³-hybridized carbons (Fsp3) is 0.370. The van der Waals surface area contributed by atoms with Crippen molar-refractivity contribution < 1.29 is 18.8 Å². The lowest BCUT2D eigenvalue weighted by molar-refractivity contribution is -0.672. The van der Waals surface area contributed by atoms with E-state index in [1.807, 2.05) is 0 Å². The molecule has 0 radical (unpaired) electrons. The lowest BCUT2D eigenvalue weighted by Crippen LogP contribution is -2.37. The zero-order chi connectivity index (χ0) is 22.4. The Labute approximate surface area is 194 Å². The Morgan fingerprint density at radius 3 is 2.76 bits per heavy atom. The molecule has 0 saturated carbocycles. The Morgan fingerprint density at radius 1 is 1.06 bits per heavy atom. The van der Waals surface area contributed by atoms with Crippen molar-refractivity contribution in [3.05, 3.63) is 59.0 Å². The van der Waals surface area contributed by atoms with Crippen molar-refractivity contribution in [2.45, 2.75) is 38.6 Å². The lowest BCUT2D eigenvalue weighted by Gasteiger charge is -2.36. The number of hydrogen-bond acceptors (Lipinski definition) is 4. The summed E-state index contributed by atoms with van der Waals surface area (Å²) in [4.78, 5) is 2.44. The molecule has 0 amide bonds. The summed E-state index contributed by atoms with van der Waals surface area (Å²) in [6.45, 7) is 2.71. The zero-order valence-electron chi connectivity index (χ0n) is 19.0. The normalized spacial score (nSPS) is 15.3. The number of unbranched alkanes of at least 4 members (excludes halogenated alkanes) is 3. The number of nitrogens with zero attached hydrogens (tertiary/aromatic N) is 2. The molecule has 0 atom stereocenters. The Morgan fingerprint density at radius 2 is 1.91 bits per heavy atom. The van der Waals surface area contributed by atoms with Gasteiger partial charge in [-0.1, -0.05) is 18.9 Å². The summed E-state index contributed by atoms with van der Waals surface area (Å²) in [7, 11) is 1.76. The highest BCUT2D eigenvalue weighted by atomic mass is 16.7. The average molecular weight is 444 g/mol. The van der Waals surface area contributed by atoms with Gasteiger partial charge >= 0.3 is 0 Å². The van der Waals surface area contributed by atoms with Crippen LogP contribution < -0.4 is 23.7 Å². The number of pyridine rings is 1. The molecule has 0 spiro atoms. The number of anilines is 1. The molecule has 6 rings (SSSR count). The summed E-state index contributed by atoms with van der Waals surface area (Å²) in [5.74, 6) is 2.60. The first-order valence-electron chi connectivity index (χ1n) is 11.9. The van der Waals surface area contributed by atoms with E-state index in [4.69, 9.17) is 19.9 Å². The fourth-order valence-corrected chi connectivity index (χ4v) is 5.40. The third-order valence-electron chi connectivity index (χ3n) is 7.03. The predicted octanol–water partition coefficient (Wildman–Crippen LogP) is 5.35. The van der Waals surface area contributed by atoms with Gasteiger partial charge in [0, 0.05) is 30.3 Å². The summed E-state index contributed by atoms with van der Waals surface area (Å²) in [6.07, 6.45) is 9.87. The quantitative estimate of drug-likeness (QED) is 0.365. The molecule has 0 bridgehead atoms. The molecule has 0 unspecified atom stereocenters. The van der Waals surface area contributed by atoms with Gasteiger partial charge in [0.05, 0.1) is 18.2 Å². The van der Waals surface area contributed by atoms with Gasteiger partial charge in [-0.05, 0) is 48.2 Å². The summed E-state index contributed by atoms with van der Waals surface area (Å²) in [5.41, 5.74) is 14.7. The third kappa shape index (κ3) is 3.32. The van der Waals surface area contributed by atoms with Crippen molar-refractivity contribution in [1.29, 1.82) is 0 Å². The Hall–Kier alpha value is -3.25. The second-order valence-corrected chi connectivity index (χ2v) is 8.93. The van der Waals surface area contributed by atoms with Crippen LogP contribution in [0.15, 0.2) is 36.5 Å². The summed E-state index contributed by atoms with van der Waals surface area (Å²) < 4.78 is 19.5. The van der Waals surface area contributed by atoms with E-state index in [0.717, 1.165) is 62.4 Å². The topological polar surface area (TPSA) is 58.6 Å². The van der Waals surface area contributed by atoms with Crippen molar-refractivity contribution in [2.24, 2.45) is 0 Å². The number of aryl methyl sites for hydroxylation is 1. The average Bonchev–Trinajstić information content (AvgIpc) is 3.31. The highest BCUT2D eigenvalue weighted by molar-refractivity contribution is 6.10. The fourth-order valence-electron chi connectivity index (χ4n) is 5.40. The molecule has 3 aliphatic rings. The van der Waals surface area contributed by atoms with Gasteiger partial charge in [-0.15, -0.1) is 0 Å². The summed E-state index contributed by atoms with van der Waals surface area (Å²) >= 11 is 0. The van der Waals surface area contributed by atoms with Gasteiger partial charge in [0.1, 0.15) is 6.54 Å². The zero-order valence-corrected chi connectivity index (χ0v) is 19.0. The van der Waals surface area contributed by atoms with E-state index in [1.54, 1.807) is 7.11 Å². The molecule has 6 nitrogen and oxygen atoms in total. The molecule has 1 aromatic heterocycles. The van der Waals surface area contributed by atoms with Gasteiger partial charge in [0.25, 0.3) is 5.52 Å². The number of methoxy groups -OCH3 is 1. The van der Waals surface area contributed by atoms with Crippen LogP contribution in [0.1, 0.15) is 42.4 Å². The smallest absolute Gasteiger partial charge is 0.257 e.